The Balaban J connectivity index is 2.85. The SMILES string of the molecule is CC(CCC(=O)O)Nc1cc(C(=O)O)c(F)cc1F. The van der Waals surface area contributed by atoms with Crippen molar-refractivity contribution in [2.75, 3.05) is 5.32 Å². The Bertz CT molecular complexity index is 505. The lowest BCUT2D eigenvalue weighted by molar-refractivity contribution is -0.137. The van der Waals surface area contributed by atoms with Crippen molar-refractivity contribution in [3.05, 3.63) is 29.3 Å². The first-order valence-corrected chi connectivity index (χ1v) is 5.52. The van der Waals surface area contributed by atoms with Crippen LogP contribution in [0.3, 0.4) is 0 Å². The second-order valence-electron chi connectivity index (χ2n) is 4.09. The highest BCUT2D eigenvalue weighted by atomic mass is 19.1. The summed E-state index contributed by atoms with van der Waals surface area (Å²) >= 11 is 0. The van der Waals surface area contributed by atoms with E-state index in [4.69, 9.17) is 10.2 Å². The molecule has 0 aliphatic carbocycles. The van der Waals surface area contributed by atoms with E-state index >= 15 is 0 Å². The van der Waals surface area contributed by atoms with E-state index in [2.05, 4.69) is 5.32 Å². The summed E-state index contributed by atoms with van der Waals surface area (Å²) in [4.78, 5) is 21.1. The van der Waals surface area contributed by atoms with Gasteiger partial charge in [-0.25, -0.2) is 13.6 Å². The van der Waals surface area contributed by atoms with E-state index < -0.39 is 35.2 Å². The van der Waals surface area contributed by atoms with Crippen molar-refractivity contribution in [3.63, 3.8) is 0 Å². The first-order valence-electron chi connectivity index (χ1n) is 5.52. The number of benzene rings is 1. The maximum atomic E-state index is 13.4. The maximum absolute atomic E-state index is 13.4. The molecule has 1 atom stereocenters. The van der Waals surface area contributed by atoms with Crippen LogP contribution >= 0.6 is 0 Å². The summed E-state index contributed by atoms with van der Waals surface area (Å²) in [6.07, 6.45) is 0.122. The average Bonchev–Trinajstić information content (AvgIpc) is 2.29. The van der Waals surface area contributed by atoms with Crippen LogP contribution in [0.5, 0.6) is 0 Å². The van der Waals surface area contributed by atoms with Gasteiger partial charge in [-0.3, -0.25) is 4.79 Å². The Labute approximate surface area is 107 Å². The zero-order valence-corrected chi connectivity index (χ0v) is 10.1. The van der Waals surface area contributed by atoms with Crippen molar-refractivity contribution in [3.8, 4) is 0 Å². The molecule has 1 aromatic carbocycles. The van der Waals surface area contributed by atoms with E-state index in [1.54, 1.807) is 6.92 Å². The number of hydrogen-bond donors (Lipinski definition) is 3. The summed E-state index contributed by atoms with van der Waals surface area (Å²) in [5.74, 6) is -4.57. The lowest BCUT2D eigenvalue weighted by Gasteiger charge is -2.15. The molecule has 1 aromatic rings. The van der Waals surface area contributed by atoms with Gasteiger partial charge in [-0.2, -0.15) is 0 Å². The molecule has 0 fully saturated rings. The standard InChI is InChI=1S/C12H13F2NO4/c1-6(2-3-11(16)17)15-10-4-7(12(18)19)8(13)5-9(10)14/h4-6,15H,2-3H2,1H3,(H,16,17)(H,18,19). The van der Waals surface area contributed by atoms with Gasteiger partial charge in [0, 0.05) is 18.5 Å². The molecular weight excluding hydrogens is 260 g/mol. The zero-order valence-electron chi connectivity index (χ0n) is 10.1. The van der Waals surface area contributed by atoms with E-state index in [-0.39, 0.29) is 18.5 Å². The maximum Gasteiger partial charge on any atom is 0.338 e. The Morgan fingerprint density at radius 3 is 2.42 bits per heavy atom. The first-order chi connectivity index (χ1) is 8.81. The van der Waals surface area contributed by atoms with Gasteiger partial charge in [0.25, 0.3) is 0 Å². The normalized spacial score (nSPS) is 11.9. The number of carboxylic acids is 2. The summed E-state index contributed by atoms with van der Waals surface area (Å²) in [7, 11) is 0. The average molecular weight is 273 g/mol. The third-order valence-electron chi connectivity index (χ3n) is 2.48. The van der Waals surface area contributed by atoms with Gasteiger partial charge in [0.05, 0.1) is 11.3 Å². The van der Waals surface area contributed by atoms with E-state index in [0.717, 1.165) is 6.07 Å². The van der Waals surface area contributed by atoms with Crippen molar-refractivity contribution >= 4 is 17.6 Å². The molecule has 3 N–H and O–H groups in total. The van der Waals surface area contributed by atoms with Gasteiger partial charge in [0.1, 0.15) is 11.6 Å². The highest BCUT2D eigenvalue weighted by Crippen LogP contribution is 2.21. The lowest BCUT2D eigenvalue weighted by atomic mass is 10.1. The van der Waals surface area contributed by atoms with Crippen LogP contribution in [0.15, 0.2) is 12.1 Å². The van der Waals surface area contributed by atoms with Crippen molar-refractivity contribution in [1.29, 1.82) is 0 Å². The van der Waals surface area contributed by atoms with Gasteiger partial charge >= 0.3 is 11.9 Å². The smallest absolute Gasteiger partial charge is 0.338 e. The fraction of sp³-hybridized carbons (Fsp3) is 0.333. The Kier molecular flexibility index (Phi) is 4.80. The molecule has 0 aliphatic heterocycles. The van der Waals surface area contributed by atoms with E-state index in [9.17, 15) is 18.4 Å². The molecule has 0 saturated heterocycles. The number of anilines is 1. The second-order valence-corrected chi connectivity index (χ2v) is 4.09. The topological polar surface area (TPSA) is 86.6 Å². The number of nitrogens with one attached hydrogen (secondary N) is 1. The van der Waals surface area contributed by atoms with Crippen LogP contribution in [0.2, 0.25) is 0 Å². The molecular formula is C12H13F2NO4. The highest BCUT2D eigenvalue weighted by Gasteiger charge is 2.16. The van der Waals surface area contributed by atoms with Gasteiger partial charge in [0.15, 0.2) is 0 Å². The van der Waals surface area contributed by atoms with Gasteiger partial charge in [-0.15, -0.1) is 0 Å². The number of rotatable bonds is 6. The minimum atomic E-state index is -1.50. The largest absolute Gasteiger partial charge is 0.481 e. The van der Waals surface area contributed by atoms with Crippen LogP contribution in [0.1, 0.15) is 30.1 Å². The number of carboxylic acid groups (broad SMARTS) is 2. The summed E-state index contributed by atoms with van der Waals surface area (Å²) in [5.41, 5.74) is -0.814. The minimum Gasteiger partial charge on any atom is -0.481 e. The molecule has 0 spiro atoms. The zero-order chi connectivity index (χ0) is 14.6. The fourth-order valence-electron chi connectivity index (χ4n) is 1.50. The number of aliphatic carboxylic acids is 1. The molecule has 1 unspecified atom stereocenters. The summed E-state index contributed by atoms with van der Waals surface area (Å²) < 4.78 is 26.6. The van der Waals surface area contributed by atoms with Crippen LogP contribution in [0, 0.1) is 11.6 Å². The summed E-state index contributed by atoms with van der Waals surface area (Å²) in [6.45, 7) is 1.62. The van der Waals surface area contributed by atoms with E-state index in [0.29, 0.717) is 6.07 Å². The molecule has 104 valence electrons. The van der Waals surface area contributed by atoms with Gasteiger partial charge < -0.3 is 15.5 Å². The molecule has 0 amide bonds. The molecule has 0 saturated carbocycles. The summed E-state index contributed by atoms with van der Waals surface area (Å²) in [6, 6.07) is 0.942. The third-order valence-corrected chi connectivity index (χ3v) is 2.48. The van der Waals surface area contributed by atoms with Crippen LogP contribution in [-0.4, -0.2) is 28.2 Å². The first kappa shape index (κ1) is 14.9. The minimum absolute atomic E-state index is 0.108. The molecule has 0 aromatic heterocycles. The molecule has 0 radical (unpaired) electrons. The predicted octanol–water partition coefficient (Wildman–Crippen LogP) is 2.33. The van der Waals surface area contributed by atoms with Gasteiger partial charge in [0.2, 0.25) is 0 Å². The lowest BCUT2D eigenvalue weighted by Crippen LogP contribution is -2.18. The molecule has 0 aliphatic rings. The van der Waals surface area contributed by atoms with E-state index in [1.807, 2.05) is 0 Å². The highest BCUT2D eigenvalue weighted by molar-refractivity contribution is 5.89. The Hall–Kier alpha value is -2.18. The Morgan fingerprint density at radius 2 is 1.89 bits per heavy atom. The number of carbonyl (C=O) groups is 2. The van der Waals surface area contributed by atoms with Crippen LogP contribution in [0.4, 0.5) is 14.5 Å². The third kappa shape index (κ3) is 4.20. The molecule has 7 heteroatoms. The second kappa shape index (κ2) is 6.12. The van der Waals surface area contributed by atoms with Crippen molar-refractivity contribution in [2.24, 2.45) is 0 Å². The fourth-order valence-corrected chi connectivity index (χ4v) is 1.50. The van der Waals surface area contributed by atoms with Crippen LogP contribution in [-0.2, 0) is 4.79 Å². The predicted molar refractivity (Wildman–Crippen MR) is 63.3 cm³/mol. The monoisotopic (exact) mass is 273 g/mol. The summed E-state index contributed by atoms with van der Waals surface area (Å²) in [5, 5.41) is 19.9. The van der Waals surface area contributed by atoms with Crippen molar-refractivity contribution < 1.29 is 28.6 Å². The van der Waals surface area contributed by atoms with Crippen molar-refractivity contribution in [1.82, 2.24) is 0 Å². The molecule has 0 bridgehead atoms. The number of hydrogen-bond acceptors (Lipinski definition) is 3. The quantitative estimate of drug-likeness (QED) is 0.740. The Morgan fingerprint density at radius 1 is 1.26 bits per heavy atom. The number of halogens is 2. The molecule has 5 nitrogen and oxygen atoms in total. The molecule has 1 rings (SSSR count). The van der Waals surface area contributed by atoms with Crippen LogP contribution in [0.25, 0.3) is 0 Å². The number of aromatic carboxylic acids is 1. The van der Waals surface area contributed by atoms with Crippen molar-refractivity contribution in [2.45, 2.75) is 25.8 Å². The molecule has 0 heterocycles. The van der Waals surface area contributed by atoms with Gasteiger partial charge in [-0.1, -0.05) is 0 Å². The van der Waals surface area contributed by atoms with E-state index in [1.165, 1.54) is 0 Å². The van der Waals surface area contributed by atoms with Gasteiger partial charge in [-0.05, 0) is 19.4 Å². The molecule has 19 heavy (non-hydrogen) atoms. The van der Waals surface area contributed by atoms with Crippen LogP contribution < -0.4 is 5.32 Å².